The van der Waals surface area contributed by atoms with Crippen molar-refractivity contribution in [3.8, 4) is 0 Å². The summed E-state index contributed by atoms with van der Waals surface area (Å²) in [5.41, 5.74) is 0.261. The first-order valence-corrected chi connectivity index (χ1v) is 11.2. The van der Waals surface area contributed by atoms with Crippen LogP contribution in [0.4, 0.5) is 10.2 Å². The third kappa shape index (κ3) is 4.83. The maximum Gasteiger partial charge on any atom is 0.230 e. The van der Waals surface area contributed by atoms with E-state index in [4.69, 9.17) is 23.2 Å². The van der Waals surface area contributed by atoms with Crippen molar-refractivity contribution < 1.29 is 17.6 Å². The van der Waals surface area contributed by atoms with E-state index < -0.39 is 21.8 Å². The molecule has 1 aliphatic heterocycles. The fourth-order valence-corrected chi connectivity index (χ4v) is 4.42. The van der Waals surface area contributed by atoms with E-state index >= 15 is 0 Å². The number of nitrogens with zero attached hydrogens (tertiary/aromatic N) is 3. The topological polar surface area (TPSA) is 84.3 Å². The lowest BCUT2D eigenvalue weighted by atomic mass is 9.99. The van der Waals surface area contributed by atoms with Crippen molar-refractivity contribution in [1.82, 2.24) is 14.1 Å². The van der Waals surface area contributed by atoms with Crippen LogP contribution in [0, 0.1) is 11.7 Å². The molecule has 1 atom stereocenters. The molecule has 2 heterocycles. The summed E-state index contributed by atoms with van der Waals surface area (Å²) >= 11 is 12.2. The lowest BCUT2D eigenvalue weighted by Gasteiger charge is -2.29. The Morgan fingerprint density at radius 3 is 2.79 bits per heavy atom. The van der Waals surface area contributed by atoms with E-state index in [2.05, 4.69) is 10.4 Å². The highest BCUT2D eigenvalue weighted by atomic mass is 35.5. The monoisotopic (exact) mass is 448 g/mol. The molecule has 28 heavy (non-hydrogen) atoms. The Kier molecular flexibility index (Phi) is 6.28. The van der Waals surface area contributed by atoms with Crippen LogP contribution in [0.2, 0.25) is 10.0 Å². The summed E-state index contributed by atoms with van der Waals surface area (Å²) in [6.07, 6.45) is 3.75. The van der Waals surface area contributed by atoms with Gasteiger partial charge in [-0.15, -0.1) is 0 Å². The highest BCUT2D eigenvalue weighted by Crippen LogP contribution is 2.25. The summed E-state index contributed by atoms with van der Waals surface area (Å²) in [7, 11) is -3.35. The Morgan fingerprint density at radius 1 is 1.36 bits per heavy atom. The highest BCUT2D eigenvalue weighted by Gasteiger charge is 2.30. The molecule has 1 aromatic carbocycles. The van der Waals surface area contributed by atoms with Gasteiger partial charge in [-0.1, -0.05) is 29.3 Å². The van der Waals surface area contributed by atoms with Crippen LogP contribution in [0.15, 0.2) is 24.4 Å². The largest absolute Gasteiger partial charge is 0.308 e. The Bertz CT molecular complexity index is 976. The minimum Gasteiger partial charge on any atom is -0.308 e. The minimum absolute atomic E-state index is 0.0480. The lowest BCUT2D eigenvalue weighted by Crippen LogP contribution is -2.43. The quantitative estimate of drug-likeness (QED) is 0.761. The summed E-state index contributed by atoms with van der Waals surface area (Å²) in [4.78, 5) is 12.5. The first-order chi connectivity index (χ1) is 13.1. The number of halogens is 3. The van der Waals surface area contributed by atoms with Crippen LogP contribution in [0.3, 0.4) is 0 Å². The zero-order chi connectivity index (χ0) is 20.5. The normalized spacial score (nSPS) is 18.2. The van der Waals surface area contributed by atoms with Crippen LogP contribution in [0.25, 0.3) is 0 Å². The number of amides is 1. The Balaban J connectivity index is 1.71. The van der Waals surface area contributed by atoms with Gasteiger partial charge < -0.3 is 5.32 Å². The Morgan fingerprint density at radius 2 is 2.11 bits per heavy atom. The molecule has 0 saturated carbocycles. The van der Waals surface area contributed by atoms with E-state index in [1.54, 1.807) is 6.07 Å². The maximum atomic E-state index is 13.9. The Hall–Kier alpha value is -1.68. The second kappa shape index (κ2) is 8.36. The lowest BCUT2D eigenvalue weighted by molar-refractivity contribution is -0.120. The van der Waals surface area contributed by atoms with Crippen molar-refractivity contribution in [3.05, 3.63) is 45.8 Å². The number of benzene rings is 1. The van der Waals surface area contributed by atoms with Gasteiger partial charge in [0.15, 0.2) is 5.82 Å². The molecule has 152 valence electrons. The number of rotatable bonds is 5. The van der Waals surface area contributed by atoms with Crippen molar-refractivity contribution in [3.63, 3.8) is 0 Å². The molecule has 0 radical (unpaired) electrons. The first kappa shape index (κ1) is 21.0. The molecule has 11 heteroatoms. The SMILES string of the molecule is CS(=O)(=O)N1CCC[C@@H](C(=O)Nc2nn(Cc3c(F)cccc3Cl)cc2Cl)C1. The van der Waals surface area contributed by atoms with Gasteiger partial charge in [-0.25, -0.2) is 17.1 Å². The molecule has 1 saturated heterocycles. The molecule has 0 aliphatic carbocycles. The predicted octanol–water partition coefficient (Wildman–Crippen LogP) is 2.99. The van der Waals surface area contributed by atoms with Crippen LogP contribution in [0.1, 0.15) is 18.4 Å². The van der Waals surface area contributed by atoms with Gasteiger partial charge in [0.2, 0.25) is 15.9 Å². The number of hydrogen-bond acceptors (Lipinski definition) is 4. The van der Waals surface area contributed by atoms with E-state index in [9.17, 15) is 17.6 Å². The molecule has 7 nitrogen and oxygen atoms in total. The fourth-order valence-electron chi connectivity index (χ4n) is 3.08. The fraction of sp³-hybridized carbons (Fsp3) is 0.412. The molecule has 1 fully saturated rings. The van der Waals surface area contributed by atoms with Crippen molar-refractivity contribution in [2.24, 2.45) is 5.92 Å². The predicted molar refractivity (Wildman–Crippen MR) is 106 cm³/mol. The van der Waals surface area contributed by atoms with Crippen molar-refractivity contribution in [2.75, 3.05) is 24.7 Å². The maximum absolute atomic E-state index is 13.9. The molecule has 1 amide bonds. The van der Waals surface area contributed by atoms with Gasteiger partial charge in [-0.2, -0.15) is 5.10 Å². The van der Waals surface area contributed by atoms with E-state index in [-0.39, 0.29) is 40.4 Å². The average molecular weight is 449 g/mol. The van der Waals surface area contributed by atoms with Crippen LogP contribution in [-0.2, 0) is 21.4 Å². The first-order valence-electron chi connectivity index (χ1n) is 8.57. The Labute approximate surface area is 172 Å². The summed E-state index contributed by atoms with van der Waals surface area (Å²) < 4.78 is 40.1. The van der Waals surface area contributed by atoms with E-state index in [0.29, 0.717) is 19.4 Å². The molecule has 2 aromatic rings. The average Bonchev–Trinajstić information content (AvgIpc) is 2.97. The second-order valence-corrected chi connectivity index (χ2v) is 9.47. The number of nitrogens with one attached hydrogen (secondary N) is 1. The third-order valence-corrected chi connectivity index (χ3v) is 6.46. The van der Waals surface area contributed by atoms with Gasteiger partial charge in [-0.05, 0) is 25.0 Å². The molecular weight excluding hydrogens is 430 g/mol. The molecule has 1 aliphatic rings. The van der Waals surface area contributed by atoms with Gasteiger partial charge in [0.25, 0.3) is 0 Å². The van der Waals surface area contributed by atoms with Crippen LogP contribution in [-0.4, -0.2) is 47.8 Å². The van der Waals surface area contributed by atoms with Gasteiger partial charge in [0, 0.05) is 29.9 Å². The van der Waals surface area contributed by atoms with Crippen LogP contribution < -0.4 is 5.32 Å². The van der Waals surface area contributed by atoms with Gasteiger partial charge in [0.1, 0.15) is 10.8 Å². The van der Waals surface area contributed by atoms with Crippen LogP contribution in [0.5, 0.6) is 0 Å². The summed E-state index contributed by atoms with van der Waals surface area (Å²) in [5.74, 6) is -1.18. The van der Waals surface area contributed by atoms with Gasteiger partial charge in [0.05, 0.1) is 18.7 Å². The second-order valence-electron chi connectivity index (χ2n) is 6.67. The van der Waals surface area contributed by atoms with E-state index in [1.165, 1.54) is 27.3 Å². The van der Waals surface area contributed by atoms with Crippen LogP contribution >= 0.6 is 23.2 Å². The molecular formula is C17H19Cl2FN4O3S. The number of aromatic nitrogens is 2. The standard InChI is InChI=1S/C17H19Cl2FN4O3S/c1-28(26,27)24-7-3-4-11(8-24)17(25)21-16-14(19)10-23(22-16)9-12-13(18)5-2-6-15(12)20/h2,5-6,10-11H,3-4,7-9H2,1H3,(H,21,22,25)/t11-/m1/s1. The van der Waals surface area contributed by atoms with Gasteiger partial charge in [-0.3, -0.25) is 9.48 Å². The zero-order valence-electron chi connectivity index (χ0n) is 15.0. The zero-order valence-corrected chi connectivity index (χ0v) is 17.4. The number of carbonyl (C=O) groups excluding carboxylic acids is 1. The van der Waals surface area contributed by atoms with E-state index in [1.807, 2.05) is 0 Å². The number of carbonyl (C=O) groups is 1. The molecule has 1 aromatic heterocycles. The minimum atomic E-state index is -3.35. The van der Waals surface area contributed by atoms with Gasteiger partial charge >= 0.3 is 0 Å². The summed E-state index contributed by atoms with van der Waals surface area (Å²) in [6.45, 7) is 0.571. The number of hydrogen-bond donors (Lipinski definition) is 1. The number of sulfonamides is 1. The van der Waals surface area contributed by atoms with Crippen molar-refractivity contribution in [1.29, 1.82) is 0 Å². The molecule has 0 bridgehead atoms. The molecule has 1 N–H and O–H groups in total. The number of piperidine rings is 1. The molecule has 0 spiro atoms. The summed E-state index contributed by atoms with van der Waals surface area (Å²) in [5, 5.41) is 7.28. The number of anilines is 1. The third-order valence-electron chi connectivity index (χ3n) is 4.56. The highest BCUT2D eigenvalue weighted by molar-refractivity contribution is 7.88. The molecule has 3 rings (SSSR count). The molecule has 0 unspecified atom stereocenters. The smallest absolute Gasteiger partial charge is 0.230 e. The summed E-state index contributed by atoms with van der Waals surface area (Å²) in [6, 6.07) is 4.38. The van der Waals surface area contributed by atoms with E-state index in [0.717, 1.165) is 6.26 Å². The van der Waals surface area contributed by atoms with Crippen molar-refractivity contribution >= 4 is 45.0 Å². The van der Waals surface area contributed by atoms with Crippen molar-refractivity contribution in [2.45, 2.75) is 19.4 Å².